The zero-order valence-electron chi connectivity index (χ0n) is 13.1. The van der Waals surface area contributed by atoms with Crippen molar-refractivity contribution in [2.24, 2.45) is 5.41 Å². The van der Waals surface area contributed by atoms with Crippen molar-refractivity contribution in [3.8, 4) is 0 Å². The summed E-state index contributed by atoms with van der Waals surface area (Å²) in [7, 11) is 0. The molecule has 0 spiro atoms. The summed E-state index contributed by atoms with van der Waals surface area (Å²) in [5.74, 6) is -1.96. The maximum absolute atomic E-state index is 12.4. The van der Waals surface area contributed by atoms with Crippen LogP contribution in [0.15, 0.2) is 18.3 Å². The van der Waals surface area contributed by atoms with Crippen LogP contribution in [0.2, 0.25) is 0 Å². The Bertz CT molecular complexity index is 563. The highest BCUT2D eigenvalue weighted by molar-refractivity contribution is 5.96. The largest absolute Gasteiger partial charge is 0.480 e. The Morgan fingerprint density at radius 3 is 2.26 bits per heavy atom. The van der Waals surface area contributed by atoms with Gasteiger partial charge >= 0.3 is 12.1 Å². The molecule has 1 rings (SSSR count). The van der Waals surface area contributed by atoms with Crippen LogP contribution in [0.1, 0.15) is 49.7 Å². The molecule has 23 heavy (non-hydrogen) atoms. The number of carbonyl (C=O) groups excluding carboxylic acids is 1. The standard InChI is InChI=1S/C15H19F3N2O3/c1-14(2,3)7-6-10(13(22)23)20-12(21)9-4-5-11(19-8-9)15(16,17)18/h4-5,8,10H,6-7H2,1-3H3,(H,20,21)(H,22,23). The topological polar surface area (TPSA) is 79.3 Å². The van der Waals surface area contributed by atoms with Crippen molar-refractivity contribution in [3.05, 3.63) is 29.6 Å². The van der Waals surface area contributed by atoms with Gasteiger partial charge in [0.15, 0.2) is 0 Å². The van der Waals surface area contributed by atoms with E-state index in [4.69, 9.17) is 5.11 Å². The van der Waals surface area contributed by atoms with Gasteiger partial charge in [-0.3, -0.25) is 9.78 Å². The number of amides is 1. The van der Waals surface area contributed by atoms with E-state index in [2.05, 4.69) is 10.3 Å². The number of rotatable bonds is 5. The van der Waals surface area contributed by atoms with Crippen LogP contribution in [-0.2, 0) is 11.0 Å². The first-order valence-corrected chi connectivity index (χ1v) is 6.97. The Morgan fingerprint density at radius 2 is 1.87 bits per heavy atom. The van der Waals surface area contributed by atoms with E-state index in [1.165, 1.54) is 0 Å². The Hall–Kier alpha value is -2.12. The number of carbonyl (C=O) groups is 2. The molecule has 0 aromatic carbocycles. The fourth-order valence-corrected chi connectivity index (χ4v) is 1.77. The summed E-state index contributed by atoms with van der Waals surface area (Å²) in [5, 5.41) is 11.4. The molecular formula is C15H19F3N2O3. The number of nitrogens with zero attached hydrogens (tertiary/aromatic N) is 1. The van der Waals surface area contributed by atoms with E-state index in [1.54, 1.807) is 0 Å². The number of aliphatic carboxylic acids is 1. The second-order valence-corrected chi connectivity index (χ2v) is 6.39. The molecule has 0 aliphatic heterocycles. The highest BCUT2D eigenvalue weighted by Crippen LogP contribution is 2.27. The van der Waals surface area contributed by atoms with Gasteiger partial charge in [-0.15, -0.1) is 0 Å². The van der Waals surface area contributed by atoms with Crippen LogP contribution >= 0.6 is 0 Å². The first kappa shape index (κ1) is 18.9. The molecule has 1 heterocycles. The third kappa shape index (κ3) is 6.25. The zero-order chi connectivity index (χ0) is 17.8. The molecule has 0 saturated carbocycles. The number of halogens is 3. The zero-order valence-corrected chi connectivity index (χ0v) is 13.1. The van der Waals surface area contributed by atoms with Gasteiger partial charge in [-0.25, -0.2) is 4.79 Å². The Balaban J connectivity index is 2.77. The van der Waals surface area contributed by atoms with Crippen LogP contribution in [0.4, 0.5) is 13.2 Å². The van der Waals surface area contributed by atoms with Gasteiger partial charge in [-0.2, -0.15) is 13.2 Å². The fraction of sp³-hybridized carbons (Fsp3) is 0.533. The van der Waals surface area contributed by atoms with Crippen LogP contribution in [-0.4, -0.2) is 28.0 Å². The lowest BCUT2D eigenvalue weighted by molar-refractivity contribution is -0.141. The van der Waals surface area contributed by atoms with Gasteiger partial charge in [0.05, 0.1) is 5.56 Å². The summed E-state index contributed by atoms with van der Waals surface area (Å²) in [4.78, 5) is 26.3. The van der Waals surface area contributed by atoms with Gasteiger partial charge in [0.1, 0.15) is 11.7 Å². The van der Waals surface area contributed by atoms with Crippen molar-refractivity contribution < 1.29 is 27.9 Å². The number of hydrogen-bond acceptors (Lipinski definition) is 3. The Kier molecular flexibility index (Phi) is 5.74. The van der Waals surface area contributed by atoms with Crippen LogP contribution < -0.4 is 5.32 Å². The number of nitrogens with one attached hydrogen (secondary N) is 1. The molecule has 0 radical (unpaired) electrons. The molecule has 5 nitrogen and oxygen atoms in total. The molecule has 1 amide bonds. The number of alkyl halides is 3. The average Bonchev–Trinajstić information content (AvgIpc) is 2.41. The van der Waals surface area contributed by atoms with E-state index in [1.807, 2.05) is 20.8 Å². The third-order valence-electron chi connectivity index (χ3n) is 3.10. The van der Waals surface area contributed by atoms with Crippen LogP contribution in [0.3, 0.4) is 0 Å². The first-order valence-electron chi connectivity index (χ1n) is 6.97. The maximum Gasteiger partial charge on any atom is 0.433 e. The molecule has 1 unspecified atom stereocenters. The first-order chi connectivity index (χ1) is 10.4. The molecule has 1 atom stereocenters. The van der Waals surface area contributed by atoms with Crippen molar-refractivity contribution in [1.29, 1.82) is 0 Å². The Morgan fingerprint density at radius 1 is 1.26 bits per heavy atom. The number of carboxylic acids is 1. The van der Waals surface area contributed by atoms with Crippen LogP contribution in [0.5, 0.6) is 0 Å². The molecular weight excluding hydrogens is 313 g/mol. The van der Waals surface area contributed by atoms with Gasteiger partial charge < -0.3 is 10.4 Å². The molecule has 0 fully saturated rings. The van der Waals surface area contributed by atoms with E-state index in [9.17, 15) is 22.8 Å². The minimum atomic E-state index is -4.59. The lowest BCUT2D eigenvalue weighted by Gasteiger charge is -2.21. The predicted molar refractivity (Wildman–Crippen MR) is 76.8 cm³/mol. The van der Waals surface area contributed by atoms with Crippen molar-refractivity contribution in [3.63, 3.8) is 0 Å². The van der Waals surface area contributed by atoms with Crippen molar-refractivity contribution in [2.45, 2.75) is 45.8 Å². The molecule has 1 aromatic heterocycles. The maximum atomic E-state index is 12.4. The van der Waals surface area contributed by atoms with Crippen molar-refractivity contribution in [1.82, 2.24) is 10.3 Å². The number of carboxylic acid groups (broad SMARTS) is 1. The van der Waals surface area contributed by atoms with Crippen molar-refractivity contribution >= 4 is 11.9 Å². The SMILES string of the molecule is CC(C)(C)CCC(NC(=O)c1ccc(C(F)(F)F)nc1)C(=O)O. The summed E-state index contributed by atoms with van der Waals surface area (Å²) in [6, 6.07) is 0.539. The lowest BCUT2D eigenvalue weighted by Crippen LogP contribution is -2.41. The highest BCUT2D eigenvalue weighted by atomic mass is 19.4. The van der Waals surface area contributed by atoms with Gasteiger partial charge in [-0.05, 0) is 30.4 Å². The van der Waals surface area contributed by atoms with Gasteiger partial charge in [0.25, 0.3) is 5.91 Å². The molecule has 1 aromatic rings. The molecule has 8 heteroatoms. The average molecular weight is 332 g/mol. The summed E-state index contributed by atoms with van der Waals surface area (Å²) in [6.07, 6.45) is -3.03. The number of pyridine rings is 1. The van der Waals surface area contributed by atoms with E-state index < -0.39 is 29.8 Å². The van der Waals surface area contributed by atoms with Gasteiger partial charge in [-0.1, -0.05) is 20.8 Å². The van der Waals surface area contributed by atoms with Gasteiger partial charge in [0.2, 0.25) is 0 Å². The summed E-state index contributed by atoms with van der Waals surface area (Å²) in [5.41, 5.74) is -1.34. The predicted octanol–water partition coefficient (Wildman–Crippen LogP) is 3.11. The molecule has 2 N–H and O–H groups in total. The number of hydrogen-bond donors (Lipinski definition) is 2. The normalized spacial score (nSPS) is 13.5. The minimum Gasteiger partial charge on any atom is -0.480 e. The van der Waals surface area contributed by atoms with E-state index in [0.717, 1.165) is 12.3 Å². The molecule has 0 aliphatic rings. The minimum absolute atomic E-state index is 0.103. The van der Waals surface area contributed by atoms with Gasteiger partial charge in [0, 0.05) is 6.20 Å². The summed E-state index contributed by atoms with van der Waals surface area (Å²) in [6.45, 7) is 5.81. The van der Waals surface area contributed by atoms with Crippen molar-refractivity contribution in [2.75, 3.05) is 0 Å². The second kappa shape index (κ2) is 6.97. The second-order valence-electron chi connectivity index (χ2n) is 6.39. The van der Waals surface area contributed by atoms with E-state index in [-0.39, 0.29) is 17.4 Å². The quantitative estimate of drug-likeness (QED) is 0.868. The summed E-state index contributed by atoms with van der Waals surface area (Å²) < 4.78 is 37.2. The smallest absolute Gasteiger partial charge is 0.433 e. The molecule has 0 aliphatic carbocycles. The Labute approximate surface area is 131 Å². The molecule has 0 bridgehead atoms. The van der Waals surface area contributed by atoms with Crippen LogP contribution in [0, 0.1) is 5.41 Å². The molecule has 128 valence electrons. The highest BCUT2D eigenvalue weighted by Gasteiger charge is 2.32. The lowest BCUT2D eigenvalue weighted by atomic mass is 9.88. The monoisotopic (exact) mass is 332 g/mol. The number of aromatic nitrogens is 1. The fourth-order valence-electron chi connectivity index (χ4n) is 1.77. The summed E-state index contributed by atoms with van der Waals surface area (Å²) >= 11 is 0. The van der Waals surface area contributed by atoms with E-state index in [0.29, 0.717) is 12.5 Å². The third-order valence-corrected chi connectivity index (χ3v) is 3.10. The molecule has 0 saturated heterocycles. The van der Waals surface area contributed by atoms with E-state index >= 15 is 0 Å². The van der Waals surface area contributed by atoms with Crippen LogP contribution in [0.25, 0.3) is 0 Å².